The number of hydrogen-bond donors (Lipinski definition) is 0. The predicted molar refractivity (Wildman–Crippen MR) is 85.6 cm³/mol. The standard InChI is InChI=1S/C16H14N2S2/c1-9-5-13(11(3)19-9)15(7-17)16(8-18)14-6-10(2)20-12(14)4/h5-6H,1-4H3/b16-15+. The number of allylic oxidation sites excluding steroid dienone is 2. The monoisotopic (exact) mass is 298 g/mol. The topological polar surface area (TPSA) is 47.6 Å². The Morgan fingerprint density at radius 2 is 1.15 bits per heavy atom. The summed E-state index contributed by atoms with van der Waals surface area (Å²) < 4.78 is 0. The van der Waals surface area contributed by atoms with Gasteiger partial charge in [-0.2, -0.15) is 10.5 Å². The van der Waals surface area contributed by atoms with Crippen LogP contribution in [-0.2, 0) is 0 Å². The van der Waals surface area contributed by atoms with Crippen LogP contribution in [0.15, 0.2) is 12.1 Å². The van der Waals surface area contributed by atoms with Crippen LogP contribution in [0.2, 0.25) is 0 Å². The second kappa shape index (κ2) is 5.63. The van der Waals surface area contributed by atoms with E-state index >= 15 is 0 Å². The normalized spacial score (nSPS) is 11.7. The molecule has 2 aromatic rings. The fourth-order valence-electron chi connectivity index (χ4n) is 2.26. The molecule has 0 aliphatic carbocycles. The Morgan fingerprint density at radius 1 is 0.800 bits per heavy atom. The molecule has 100 valence electrons. The van der Waals surface area contributed by atoms with Crippen LogP contribution in [0.1, 0.15) is 30.6 Å². The van der Waals surface area contributed by atoms with Crippen LogP contribution in [0.25, 0.3) is 11.1 Å². The molecule has 0 amide bonds. The van der Waals surface area contributed by atoms with Crippen LogP contribution in [0.4, 0.5) is 0 Å². The van der Waals surface area contributed by atoms with Gasteiger partial charge in [-0.1, -0.05) is 0 Å². The Hall–Kier alpha value is -1.88. The van der Waals surface area contributed by atoms with Gasteiger partial charge in [-0.3, -0.25) is 0 Å². The summed E-state index contributed by atoms with van der Waals surface area (Å²) in [5, 5.41) is 19.0. The molecule has 0 saturated heterocycles. The maximum atomic E-state index is 9.52. The van der Waals surface area contributed by atoms with E-state index in [1.165, 1.54) is 0 Å². The average Bonchev–Trinajstić information content (AvgIpc) is 2.88. The van der Waals surface area contributed by atoms with Crippen molar-refractivity contribution in [1.29, 1.82) is 10.5 Å². The van der Waals surface area contributed by atoms with Crippen molar-refractivity contribution in [3.8, 4) is 12.1 Å². The number of nitrogens with zero attached hydrogens (tertiary/aromatic N) is 2. The van der Waals surface area contributed by atoms with Gasteiger partial charge in [0, 0.05) is 30.6 Å². The van der Waals surface area contributed by atoms with Crippen molar-refractivity contribution in [2.45, 2.75) is 27.7 Å². The maximum Gasteiger partial charge on any atom is 0.101 e. The van der Waals surface area contributed by atoms with Crippen LogP contribution in [0, 0.1) is 50.4 Å². The van der Waals surface area contributed by atoms with Crippen molar-refractivity contribution in [2.75, 3.05) is 0 Å². The van der Waals surface area contributed by atoms with Crippen LogP contribution in [-0.4, -0.2) is 0 Å². The third kappa shape index (κ3) is 2.54. The van der Waals surface area contributed by atoms with Crippen molar-refractivity contribution < 1.29 is 0 Å². The Kier molecular flexibility index (Phi) is 4.09. The molecule has 0 aromatic carbocycles. The molecule has 2 rings (SSSR count). The van der Waals surface area contributed by atoms with E-state index < -0.39 is 0 Å². The first kappa shape index (κ1) is 14.5. The largest absolute Gasteiger partial charge is 0.192 e. The highest BCUT2D eigenvalue weighted by Gasteiger charge is 2.17. The summed E-state index contributed by atoms with van der Waals surface area (Å²) in [5.74, 6) is 0. The molecule has 0 atom stereocenters. The zero-order chi connectivity index (χ0) is 14.9. The first-order valence-electron chi connectivity index (χ1n) is 6.17. The number of nitriles is 2. The molecular weight excluding hydrogens is 284 g/mol. The molecule has 0 aliphatic heterocycles. The van der Waals surface area contributed by atoms with E-state index in [1.807, 2.05) is 39.8 Å². The van der Waals surface area contributed by atoms with Gasteiger partial charge in [-0.15, -0.1) is 22.7 Å². The van der Waals surface area contributed by atoms with Crippen molar-refractivity contribution in [3.63, 3.8) is 0 Å². The SMILES string of the molecule is Cc1cc(/C(C#N)=C(\C#N)c2cc(C)sc2C)c(C)s1. The highest BCUT2D eigenvalue weighted by molar-refractivity contribution is 7.12. The lowest BCUT2D eigenvalue weighted by Gasteiger charge is -2.03. The quantitative estimate of drug-likeness (QED) is 0.732. The molecule has 0 aliphatic rings. The first-order valence-corrected chi connectivity index (χ1v) is 7.80. The second-order valence-corrected chi connectivity index (χ2v) is 7.55. The zero-order valence-corrected chi connectivity index (χ0v) is 13.5. The average molecular weight is 298 g/mol. The van der Waals surface area contributed by atoms with E-state index in [0.717, 1.165) is 30.6 Å². The predicted octanol–water partition coefficient (Wildman–Crippen LogP) is 5.00. The van der Waals surface area contributed by atoms with Gasteiger partial charge in [0.05, 0.1) is 11.1 Å². The van der Waals surface area contributed by atoms with Gasteiger partial charge in [-0.05, 0) is 39.8 Å². The van der Waals surface area contributed by atoms with Gasteiger partial charge in [0.15, 0.2) is 0 Å². The minimum Gasteiger partial charge on any atom is -0.192 e. The number of thiophene rings is 2. The van der Waals surface area contributed by atoms with Crippen molar-refractivity contribution in [2.24, 2.45) is 0 Å². The number of rotatable bonds is 2. The van der Waals surface area contributed by atoms with Gasteiger partial charge in [0.1, 0.15) is 12.1 Å². The molecule has 0 spiro atoms. The summed E-state index contributed by atoms with van der Waals surface area (Å²) in [6, 6.07) is 8.43. The molecule has 2 aromatic heterocycles. The molecule has 0 radical (unpaired) electrons. The molecule has 4 heteroatoms. The van der Waals surface area contributed by atoms with Gasteiger partial charge < -0.3 is 0 Å². The maximum absolute atomic E-state index is 9.52. The third-order valence-corrected chi connectivity index (χ3v) is 5.03. The third-order valence-electron chi connectivity index (χ3n) is 3.09. The molecule has 0 saturated carbocycles. The summed E-state index contributed by atoms with van der Waals surface area (Å²) in [7, 11) is 0. The molecule has 0 fully saturated rings. The molecule has 20 heavy (non-hydrogen) atoms. The Labute approximate surface area is 127 Å². The van der Waals surface area contributed by atoms with E-state index in [9.17, 15) is 10.5 Å². The molecule has 2 nitrogen and oxygen atoms in total. The Bertz CT molecular complexity index is 710. The van der Waals surface area contributed by atoms with Gasteiger partial charge in [0.25, 0.3) is 0 Å². The summed E-state index contributed by atoms with van der Waals surface area (Å²) in [6.07, 6.45) is 0. The smallest absolute Gasteiger partial charge is 0.101 e. The lowest BCUT2D eigenvalue weighted by atomic mass is 9.97. The van der Waals surface area contributed by atoms with Crippen LogP contribution < -0.4 is 0 Å². The van der Waals surface area contributed by atoms with E-state index in [1.54, 1.807) is 22.7 Å². The summed E-state index contributed by atoms with van der Waals surface area (Å²) in [5.41, 5.74) is 2.73. The number of hydrogen-bond acceptors (Lipinski definition) is 4. The van der Waals surface area contributed by atoms with Gasteiger partial charge >= 0.3 is 0 Å². The van der Waals surface area contributed by atoms with Crippen molar-refractivity contribution in [1.82, 2.24) is 0 Å². The fourth-order valence-corrected chi connectivity index (χ4v) is 4.12. The Balaban J connectivity index is 2.74. The number of aryl methyl sites for hydroxylation is 4. The van der Waals surface area contributed by atoms with Crippen LogP contribution in [0.3, 0.4) is 0 Å². The molecule has 0 unspecified atom stereocenters. The van der Waals surface area contributed by atoms with Gasteiger partial charge in [-0.25, -0.2) is 0 Å². The van der Waals surface area contributed by atoms with E-state index in [0.29, 0.717) is 11.1 Å². The second-order valence-electron chi connectivity index (χ2n) is 4.63. The summed E-state index contributed by atoms with van der Waals surface area (Å²) >= 11 is 3.31. The minimum atomic E-state index is 0.482. The highest BCUT2D eigenvalue weighted by atomic mass is 32.1. The fraction of sp³-hybridized carbons (Fsp3) is 0.250. The lowest BCUT2D eigenvalue weighted by molar-refractivity contribution is 1.47. The van der Waals surface area contributed by atoms with E-state index in [4.69, 9.17) is 0 Å². The van der Waals surface area contributed by atoms with E-state index in [-0.39, 0.29) is 0 Å². The van der Waals surface area contributed by atoms with E-state index in [2.05, 4.69) is 12.1 Å². The van der Waals surface area contributed by atoms with Crippen LogP contribution in [0.5, 0.6) is 0 Å². The van der Waals surface area contributed by atoms with Crippen LogP contribution >= 0.6 is 22.7 Å². The van der Waals surface area contributed by atoms with Crippen molar-refractivity contribution in [3.05, 3.63) is 42.8 Å². The molecule has 0 bridgehead atoms. The zero-order valence-electron chi connectivity index (χ0n) is 11.9. The minimum absolute atomic E-state index is 0.482. The van der Waals surface area contributed by atoms with Gasteiger partial charge in [0.2, 0.25) is 0 Å². The molecular formula is C16H14N2S2. The molecule has 2 heterocycles. The highest BCUT2D eigenvalue weighted by Crippen LogP contribution is 2.35. The van der Waals surface area contributed by atoms with Crippen molar-refractivity contribution >= 4 is 33.8 Å². The summed E-state index contributed by atoms with van der Waals surface area (Å²) in [4.78, 5) is 4.47. The lowest BCUT2D eigenvalue weighted by Crippen LogP contribution is -1.89. The molecule has 0 N–H and O–H groups in total. The first-order chi connectivity index (χ1) is 9.47. The Morgan fingerprint density at radius 3 is 1.35 bits per heavy atom. The summed E-state index contributed by atoms with van der Waals surface area (Å²) in [6.45, 7) is 8.01.